The van der Waals surface area contributed by atoms with Crippen molar-refractivity contribution in [3.05, 3.63) is 66.2 Å². The molecule has 0 radical (unpaired) electrons. The topological polar surface area (TPSA) is 32.8 Å². The quantitative estimate of drug-likeness (QED) is 0.710. The van der Waals surface area contributed by atoms with E-state index in [0.29, 0.717) is 13.2 Å². The van der Waals surface area contributed by atoms with Gasteiger partial charge in [0.25, 0.3) is 0 Å². The van der Waals surface area contributed by atoms with E-state index >= 15 is 0 Å². The second-order valence-electron chi connectivity index (χ2n) is 7.91. The van der Waals surface area contributed by atoms with Gasteiger partial charge in [-0.15, -0.1) is 12.4 Å². The lowest BCUT2D eigenvalue weighted by molar-refractivity contribution is -0.123. The SMILES string of the molecule is Cl.O=C(C1CCOC1)N(c1ccccc1)C1CCN(CCc2ccccc2)CC1. The molecule has 0 N–H and O–H groups in total. The Morgan fingerprint density at radius 3 is 2.24 bits per heavy atom. The minimum atomic E-state index is 0. The molecule has 1 unspecified atom stereocenters. The average molecular weight is 415 g/mol. The first-order valence-electron chi connectivity index (χ1n) is 10.5. The van der Waals surface area contributed by atoms with Crippen LogP contribution in [-0.4, -0.2) is 49.7 Å². The first-order valence-corrected chi connectivity index (χ1v) is 10.5. The Morgan fingerprint density at radius 2 is 1.62 bits per heavy atom. The van der Waals surface area contributed by atoms with Gasteiger partial charge in [0.2, 0.25) is 5.91 Å². The normalized spacial score (nSPS) is 20.2. The van der Waals surface area contributed by atoms with E-state index in [1.165, 1.54) is 5.56 Å². The molecule has 0 spiro atoms. The molecular formula is C24H31ClN2O2. The van der Waals surface area contributed by atoms with Crippen molar-refractivity contribution in [2.45, 2.75) is 31.7 Å². The molecule has 0 aliphatic carbocycles. The predicted octanol–water partition coefficient (Wildman–Crippen LogP) is 4.19. The third kappa shape index (κ3) is 5.59. The number of amides is 1. The molecule has 2 heterocycles. The van der Waals surface area contributed by atoms with Crippen molar-refractivity contribution in [1.82, 2.24) is 4.90 Å². The number of carbonyl (C=O) groups is 1. The van der Waals surface area contributed by atoms with Crippen molar-refractivity contribution in [2.24, 2.45) is 5.92 Å². The zero-order chi connectivity index (χ0) is 19.2. The van der Waals surface area contributed by atoms with Crippen molar-refractivity contribution in [1.29, 1.82) is 0 Å². The standard InChI is InChI=1S/C24H30N2O2.ClH/c27-24(21-14-18-28-19-21)26(22-9-5-2-6-10-22)23-12-16-25(17-13-23)15-11-20-7-3-1-4-8-20;/h1-10,21,23H,11-19H2;1H. The molecule has 5 heteroatoms. The van der Waals surface area contributed by atoms with E-state index in [-0.39, 0.29) is 30.3 Å². The van der Waals surface area contributed by atoms with Crippen molar-refractivity contribution >= 4 is 24.0 Å². The van der Waals surface area contributed by atoms with E-state index in [0.717, 1.165) is 51.0 Å². The van der Waals surface area contributed by atoms with Gasteiger partial charge in [-0.1, -0.05) is 48.5 Å². The van der Waals surface area contributed by atoms with Crippen LogP contribution < -0.4 is 4.90 Å². The number of anilines is 1. The van der Waals surface area contributed by atoms with Gasteiger partial charge in [-0.3, -0.25) is 4.79 Å². The molecule has 2 fully saturated rings. The van der Waals surface area contributed by atoms with Crippen LogP contribution in [0.2, 0.25) is 0 Å². The lowest BCUT2D eigenvalue weighted by atomic mass is 9.98. The minimum Gasteiger partial charge on any atom is -0.381 e. The van der Waals surface area contributed by atoms with E-state index in [9.17, 15) is 4.79 Å². The number of halogens is 1. The Kier molecular flexibility index (Phi) is 8.10. The van der Waals surface area contributed by atoms with Gasteiger partial charge in [0.15, 0.2) is 0 Å². The molecule has 29 heavy (non-hydrogen) atoms. The smallest absolute Gasteiger partial charge is 0.232 e. The number of hydrogen-bond donors (Lipinski definition) is 0. The number of benzene rings is 2. The second kappa shape index (κ2) is 10.8. The van der Waals surface area contributed by atoms with Gasteiger partial charge in [0, 0.05) is 38.0 Å². The molecule has 0 aromatic heterocycles. The molecule has 2 aliphatic heterocycles. The predicted molar refractivity (Wildman–Crippen MR) is 120 cm³/mol. The fourth-order valence-corrected chi connectivity index (χ4v) is 4.37. The van der Waals surface area contributed by atoms with Crippen LogP contribution in [0.4, 0.5) is 5.69 Å². The van der Waals surface area contributed by atoms with Gasteiger partial charge in [0.05, 0.1) is 12.5 Å². The molecular weight excluding hydrogens is 384 g/mol. The molecule has 0 saturated carbocycles. The summed E-state index contributed by atoms with van der Waals surface area (Å²) in [5.74, 6) is 0.253. The number of rotatable bonds is 6. The van der Waals surface area contributed by atoms with Crippen LogP contribution in [0.3, 0.4) is 0 Å². The number of piperidine rings is 1. The summed E-state index contributed by atoms with van der Waals surface area (Å²) in [5, 5.41) is 0. The summed E-state index contributed by atoms with van der Waals surface area (Å²) in [6.07, 6.45) is 4.00. The second-order valence-corrected chi connectivity index (χ2v) is 7.91. The van der Waals surface area contributed by atoms with Crippen molar-refractivity contribution in [3.63, 3.8) is 0 Å². The monoisotopic (exact) mass is 414 g/mol. The van der Waals surface area contributed by atoms with Gasteiger partial charge in [-0.2, -0.15) is 0 Å². The summed E-state index contributed by atoms with van der Waals surface area (Å²) < 4.78 is 5.49. The van der Waals surface area contributed by atoms with Gasteiger partial charge in [0.1, 0.15) is 0 Å². The number of para-hydroxylation sites is 1. The molecule has 2 aromatic rings. The average Bonchev–Trinajstić information content (AvgIpc) is 3.30. The zero-order valence-electron chi connectivity index (χ0n) is 16.9. The lowest BCUT2D eigenvalue weighted by Gasteiger charge is -2.39. The number of likely N-dealkylation sites (tertiary alicyclic amines) is 1. The lowest BCUT2D eigenvalue weighted by Crippen LogP contribution is -2.50. The molecule has 2 aliphatic rings. The van der Waals surface area contributed by atoms with Gasteiger partial charge < -0.3 is 14.5 Å². The van der Waals surface area contributed by atoms with Crippen molar-refractivity contribution < 1.29 is 9.53 Å². The highest BCUT2D eigenvalue weighted by Crippen LogP contribution is 2.28. The van der Waals surface area contributed by atoms with Crippen LogP contribution in [0.5, 0.6) is 0 Å². The highest BCUT2D eigenvalue weighted by Gasteiger charge is 2.34. The van der Waals surface area contributed by atoms with Crippen LogP contribution in [0.15, 0.2) is 60.7 Å². The molecule has 2 aromatic carbocycles. The number of hydrogen-bond acceptors (Lipinski definition) is 3. The summed E-state index contributed by atoms with van der Waals surface area (Å²) in [6.45, 7) is 4.46. The van der Waals surface area contributed by atoms with E-state index in [1.807, 2.05) is 18.2 Å². The van der Waals surface area contributed by atoms with Crippen molar-refractivity contribution in [2.75, 3.05) is 37.7 Å². The summed E-state index contributed by atoms with van der Waals surface area (Å²) in [4.78, 5) is 17.9. The highest BCUT2D eigenvalue weighted by atomic mass is 35.5. The largest absolute Gasteiger partial charge is 0.381 e. The number of nitrogens with zero attached hydrogens (tertiary/aromatic N) is 2. The van der Waals surface area contributed by atoms with Crippen LogP contribution in [0.1, 0.15) is 24.8 Å². The molecule has 1 atom stereocenters. The molecule has 156 valence electrons. The Balaban J connectivity index is 0.00000240. The van der Waals surface area contributed by atoms with E-state index < -0.39 is 0 Å². The maximum Gasteiger partial charge on any atom is 0.232 e. The fraction of sp³-hybridized carbons (Fsp3) is 0.458. The van der Waals surface area contributed by atoms with Crippen LogP contribution >= 0.6 is 12.4 Å². The Labute approximate surface area is 180 Å². The number of carbonyl (C=O) groups excluding carboxylic acids is 1. The third-order valence-corrected chi connectivity index (χ3v) is 6.03. The van der Waals surface area contributed by atoms with Crippen LogP contribution in [-0.2, 0) is 16.0 Å². The number of ether oxygens (including phenoxy) is 1. The maximum absolute atomic E-state index is 13.3. The summed E-state index contributed by atoms with van der Waals surface area (Å²) in [5.41, 5.74) is 2.43. The zero-order valence-corrected chi connectivity index (χ0v) is 17.7. The van der Waals surface area contributed by atoms with Crippen molar-refractivity contribution in [3.8, 4) is 0 Å². The summed E-state index contributed by atoms with van der Waals surface area (Å²) in [6, 6.07) is 21.2. The van der Waals surface area contributed by atoms with Gasteiger partial charge in [-0.05, 0) is 43.4 Å². The van der Waals surface area contributed by atoms with Gasteiger partial charge >= 0.3 is 0 Å². The molecule has 4 rings (SSSR count). The fourth-order valence-electron chi connectivity index (χ4n) is 4.37. The molecule has 1 amide bonds. The van der Waals surface area contributed by atoms with E-state index in [1.54, 1.807) is 0 Å². The Morgan fingerprint density at radius 1 is 0.966 bits per heavy atom. The van der Waals surface area contributed by atoms with E-state index in [2.05, 4.69) is 52.3 Å². The van der Waals surface area contributed by atoms with Crippen LogP contribution in [0.25, 0.3) is 0 Å². The summed E-state index contributed by atoms with van der Waals surface area (Å²) >= 11 is 0. The maximum atomic E-state index is 13.3. The Hall–Kier alpha value is -1.88. The first kappa shape index (κ1) is 21.8. The first-order chi connectivity index (χ1) is 13.8. The van der Waals surface area contributed by atoms with E-state index in [4.69, 9.17) is 4.74 Å². The summed E-state index contributed by atoms with van der Waals surface area (Å²) in [7, 11) is 0. The molecule has 2 saturated heterocycles. The minimum absolute atomic E-state index is 0. The van der Waals surface area contributed by atoms with Crippen LogP contribution in [0, 0.1) is 5.92 Å². The molecule has 4 nitrogen and oxygen atoms in total. The Bertz CT molecular complexity index is 742. The van der Waals surface area contributed by atoms with Gasteiger partial charge in [-0.25, -0.2) is 0 Å². The third-order valence-electron chi connectivity index (χ3n) is 6.03. The molecule has 0 bridgehead atoms. The highest BCUT2D eigenvalue weighted by molar-refractivity contribution is 5.95.